The third-order valence-corrected chi connectivity index (χ3v) is 5.21. The van der Waals surface area contributed by atoms with Crippen LogP contribution in [0, 0.1) is 3.57 Å². The molecule has 24 heavy (non-hydrogen) atoms. The van der Waals surface area contributed by atoms with Gasteiger partial charge in [-0.3, -0.25) is 4.79 Å². The van der Waals surface area contributed by atoms with Crippen LogP contribution >= 0.6 is 50.3 Å². The summed E-state index contributed by atoms with van der Waals surface area (Å²) >= 11 is 6.79. The number of thioether (sulfide) groups is 1. The minimum Gasteiger partial charge on any atom is -0.411 e. The van der Waals surface area contributed by atoms with Gasteiger partial charge in [-0.05, 0) is 52.9 Å². The topological polar surface area (TPSA) is 68.0 Å². The van der Waals surface area contributed by atoms with Crippen LogP contribution in [0.1, 0.15) is 0 Å². The molecule has 0 spiro atoms. The number of anilines is 1. The van der Waals surface area contributed by atoms with E-state index in [1.165, 1.54) is 11.8 Å². The SMILES string of the molecule is O=C(CSc1nnc(-c2cccc(Br)c2)o1)Nc1ccccc1I. The molecule has 122 valence electrons. The smallest absolute Gasteiger partial charge is 0.277 e. The molecule has 1 amide bonds. The van der Waals surface area contributed by atoms with Crippen molar-refractivity contribution in [1.82, 2.24) is 10.2 Å². The van der Waals surface area contributed by atoms with Crippen LogP contribution < -0.4 is 5.32 Å². The quantitative estimate of drug-likeness (QED) is 0.389. The summed E-state index contributed by atoms with van der Waals surface area (Å²) in [7, 11) is 0. The van der Waals surface area contributed by atoms with Crippen LogP contribution in [0.3, 0.4) is 0 Å². The van der Waals surface area contributed by atoms with Crippen LogP contribution in [0.25, 0.3) is 11.5 Å². The second-order valence-electron chi connectivity index (χ2n) is 4.70. The predicted molar refractivity (Wildman–Crippen MR) is 106 cm³/mol. The highest BCUT2D eigenvalue weighted by molar-refractivity contribution is 14.1. The first-order chi connectivity index (χ1) is 11.6. The predicted octanol–water partition coefficient (Wildman–Crippen LogP) is 4.83. The minimum atomic E-state index is -0.119. The van der Waals surface area contributed by atoms with E-state index in [9.17, 15) is 4.79 Å². The molecule has 0 saturated carbocycles. The second kappa shape index (κ2) is 8.13. The molecule has 3 aromatic rings. The highest BCUT2D eigenvalue weighted by atomic mass is 127. The molecule has 1 heterocycles. The molecule has 1 N–H and O–H groups in total. The number of rotatable bonds is 5. The average molecular weight is 516 g/mol. The van der Waals surface area contributed by atoms with Crippen LogP contribution in [0.15, 0.2) is 62.6 Å². The lowest BCUT2D eigenvalue weighted by Gasteiger charge is -2.05. The van der Waals surface area contributed by atoms with E-state index in [2.05, 4.69) is 54.0 Å². The fraction of sp³-hybridized carbons (Fsp3) is 0.0625. The Kier molecular flexibility index (Phi) is 5.90. The highest BCUT2D eigenvalue weighted by Gasteiger charge is 2.12. The first-order valence-electron chi connectivity index (χ1n) is 6.88. The van der Waals surface area contributed by atoms with Crippen molar-refractivity contribution in [2.75, 3.05) is 11.1 Å². The lowest BCUT2D eigenvalue weighted by molar-refractivity contribution is -0.113. The standard InChI is InChI=1S/C16H11BrIN3O2S/c17-11-5-3-4-10(8-11)15-20-21-16(23-15)24-9-14(22)19-13-7-2-1-6-12(13)18/h1-8H,9H2,(H,19,22). The molecule has 1 aromatic heterocycles. The van der Waals surface area contributed by atoms with Gasteiger partial charge in [-0.2, -0.15) is 0 Å². The lowest BCUT2D eigenvalue weighted by atomic mass is 10.2. The van der Waals surface area contributed by atoms with E-state index in [0.717, 1.165) is 19.3 Å². The third-order valence-electron chi connectivity index (χ3n) is 2.95. The molecule has 0 aliphatic carbocycles. The van der Waals surface area contributed by atoms with Gasteiger partial charge in [-0.1, -0.05) is 45.9 Å². The molecular formula is C16H11BrIN3O2S. The Labute approximate surface area is 164 Å². The van der Waals surface area contributed by atoms with Crippen LogP contribution in [0.2, 0.25) is 0 Å². The van der Waals surface area contributed by atoms with Crippen molar-refractivity contribution in [3.8, 4) is 11.5 Å². The zero-order valence-electron chi connectivity index (χ0n) is 12.2. The average Bonchev–Trinajstić information content (AvgIpc) is 3.04. The van der Waals surface area contributed by atoms with E-state index < -0.39 is 0 Å². The number of benzene rings is 2. The maximum atomic E-state index is 12.0. The summed E-state index contributed by atoms with van der Waals surface area (Å²) in [5, 5.41) is 11.2. The van der Waals surface area contributed by atoms with Crippen molar-refractivity contribution in [3.05, 3.63) is 56.6 Å². The van der Waals surface area contributed by atoms with Crippen LogP contribution in [0.5, 0.6) is 0 Å². The molecule has 0 bridgehead atoms. The summed E-state index contributed by atoms with van der Waals surface area (Å²) in [6.07, 6.45) is 0. The Bertz CT molecular complexity index is 872. The Morgan fingerprint density at radius 2 is 2.04 bits per heavy atom. The summed E-state index contributed by atoms with van der Waals surface area (Å²) in [5.74, 6) is 0.508. The van der Waals surface area contributed by atoms with Crippen molar-refractivity contribution in [3.63, 3.8) is 0 Å². The minimum absolute atomic E-state index is 0.119. The molecule has 2 aromatic carbocycles. The Hall–Kier alpha value is -1.39. The van der Waals surface area contributed by atoms with Gasteiger partial charge < -0.3 is 9.73 Å². The molecule has 0 atom stereocenters. The molecule has 0 fully saturated rings. The first kappa shape index (κ1) is 17.4. The van der Waals surface area contributed by atoms with Gasteiger partial charge in [0.1, 0.15) is 0 Å². The molecule has 0 radical (unpaired) electrons. The van der Waals surface area contributed by atoms with Gasteiger partial charge in [0.15, 0.2) is 0 Å². The Morgan fingerprint density at radius 3 is 2.83 bits per heavy atom. The summed E-state index contributed by atoms with van der Waals surface area (Å²) in [4.78, 5) is 12.0. The van der Waals surface area contributed by atoms with E-state index in [-0.39, 0.29) is 11.7 Å². The van der Waals surface area contributed by atoms with Gasteiger partial charge in [-0.15, -0.1) is 10.2 Å². The number of halogens is 2. The van der Waals surface area contributed by atoms with Crippen molar-refractivity contribution in [2.45, 2.75) is 5.22 Å². The maximum Gasteiger partial charge on any atom is 0.277 e. The number of aromatic nitrogens is 2. The maximum absolute atomic E-state index is 12.0. The number of hydrogen-bond donors (Lipinski definition) is 1. The molecular weight excluding hydrogens is 505 g/mol. The van der Waals surface area contributed by atoms with Gasteiger partial charge in [-0.25, -0.2) is 0 Å². The van der Waals surface area contributed by atoms with E-state index in [4.69, 9.17) is 4.42 Å². The first-order valence-corrected chi connectivity index (χ1v) is 9.74. The molecule has 0 unspecified atom stereocenters. The number of hydrogen-bond acceptors (Lipinski definition) is 5. The van der Waals surface area contributed by atoms with E-state index >= 15 is 0 Å². The molecule has 8 heteroatoms. The summed E-state index contributed by atoms with van der Waals surface area (Å²) in [6, 6.07) is 15.2. The molecule has 0 saturated heterocycles. The number of carbonyl (C=O) groups is 1. The Morgan fingerprint density at radius 1 is 1.21 bits per heavy atom. The molecule has 3 rings (SSSR count). The third kappa shape index (κ3) is 4.58. The van der Waals surface area contributed by atoms with E-state index in [1.807, 2.05) is 48.5 Å². The van der Waals surface area contributed by atoms with Crippen LogP contribution in [0.4, 0.5) is 5.69 Å². The van der Waals surface area contributed by atoms with Gasteiger partial charge in [0, 0.05) is 13.6 Å². The van der Waals surface area contributed by atoms with Crippen molar-refractivity contribution in [1.29, 1.82) is 0 Å². The molecule has 0 aliphatic heterocycles. The monoisotopic (exact) mass is 515 g/mol. The van der Waals surface area contributed by atoms with E-state index in [0.29, 0.717) is 11.1 Å². The summed E-state index contributed by atoms with van der Waals surface area (Å²) in [5.41, 5.74) is 1.62. The second-order valence-corrected chi connectivity index (χ2v) is 7.70. The fourth-order valence-electron chi connectivity index (χ4n) is 1.88. The number of nitrogens with one attached hydrogen (secondary N) is 1. The van der Waals surface area contributed by atoms with Crippen molar-refractivity contribution in [2.24, 2.45) is 0 Å². The molecule has 0 aliphatic rings. The highest BCUT2D eigenvalue weighted by Crippen LogP contribution is 2.25. The van der Waals surface area contributed by atoms with Gasteiger partial charge in [0.2, 0.25) is 11.8 Å². The normalized spacial score (nSPS) is 10.6. The van der Waals surface area contributed by atoms with Crippen molar-refractivity contribution < 1.29 is 9.21 Å². The van der Waals surface area contributed by atoms with Gasteiger partial charge in [0.05, 0.1) is 11.4 Å². The zero-order chi connectivity index (χ0) is 16.9. The Balaban J connectivity index is 1.59. The number of amides is 1. The number of nitrogens with zero attached hydrogens (tertiary/aromatic N) is 2. The number of carbonyl (C=O) groups excluding carboxylic acids is 1. The van der Waals surface area contributed by atoms with Crippen LogP contribution in [-0.4, -0.2) is 21.9 Å². The van der Waals surface area contributed by atoms with Crippen LogP contribution in [-0.2, 0) is 4.79 Å². The van der Waals surface area contributed by atoms with E-state index in [1.54, 1.807) is 0 Å². The summed E-state index contributed by atoms with van der Waals surface area (Å²) in [6.45, 7) is 0. The zero-order valence-corrected chi connectivity index (χ0v) is 16.8. The number of para-hydroxylation sites is 1. The summed E-state index contributed by atoms with van der Waals surface area (Å²) < 4.78 is 7.51. The largest absolute Gasteiger partial charge is 0.411 e. The fourth-order valence-corrected chi connectivity index (χ4v) is 3.37. The van der Waals surface area contributed by atoms with Gasteiger partial charge >= 0.3 is 0 Å². The van der Waals surface area contributed by atoms with Gasteiger partial charge in [0.25, 0.3) is 5.22 Å². The lowest BCUT2D eigenvalue weighted by Crippen LogP contribution is -2.14. The van der Waals surface area contributed by atoms with Crippen molar-refractivity contribution >= 4 is 61.9 Å². The molecule has 5 nitrogen and oxygen atoms in total.